The number of nitrogens with zero attached hydrogens (tertiary/aromatic N) is 1. The number of amides is 1. The molecule has 0 bridgehead atoms. The summed E-state index contributed by atoms with van der Waals surface area (Å²) in [6, 6.07) is 2.52. The first kappa shape index (κ1) is 17.8. The predicted molar refractivity (Wildman–Crippen MR) is 81.2 cm³/mol. The average molecular weight is 346 g/mol. The number of hydrogen-bond acceptors (Lipinski definition) is 3. The van der Waals surface area contributed by atoms with Crippen LogP contribution in [-0.2, 0) is 14.8 Å². The molecule has 1 unspecified atom stereocenters. The van der Waals surface area contributed by atoms with Crippen LogP contribution < -0.4 is 4.72 Å². The highest BCUT2D eigenvalue weighted by Gasteiger charge is 2.23. The molecule has 1 aliphatic rings. The molecule has 1 heterocycles. The Balaban J connectivity index is 1.91. The molecule has 0 aromatic heterocycles. The van der Waals surface area contributed by atoms with Gasteiger partial charge in [-0.05, 0) is 44.4 Å². The Labute approximate surface area is 134 Å². The molecular weight excluding hydrogens is 326 g/mol. The van der Waals surface area contributed by atoms with Crippen LogP contribution in [0.4, 0.5) is 8.78 Å². The number of carbonyl (C=O) groups is 1. The molecular formula is C15H20F2N2O3S. The maximum Gasteiger partial charge on any atom is 0.240 e. The Hall–Kier alpha value is -1.54. The van der Waals surface area contributed by atoms with Crippen LogP contribution in [0.15, 0.2) is 23.1 Å². The van der Waals surface area contributed by atoms with E-state index < -0.39 is 21.7 Å². The topological polar surface area (TPSA) is 66.5 Å². The number of nitrogens with one attached hydrogen (secondary N) is 1. The highest BCUT2D eigenvalue weighted by Crippen LogP contribution is 2.17. The van der Waals surface area contributed by atoms with Crippen molar-refractivity contribution in [2.24, 2.45) is 0 Å². The monoisotopic (exact) mass is 346 g/mol. The Morgan fingerprint density at radius 3 is 2.70 bits per heavy atom. The fourth-order valence-corrected chi connectivity index (χ4v) is 3.68. The zero-order valence-corrected chi connectivity index (χ0v) is 13.7. The van der Waals surface area contributed by atoms with Gasteiger partial charge in [0.05, 0.1) is 4.90 Å². The zero-order chi connectivity index (χ0) is 17.0. The van der Waals surface area contributed by atoms with Gasteiger partial charge in [0.2, 0.25) is 15.9 Å². The molecule has 0 radical (unpaired) electrons. The van der Waals surface area contributed by atoms with E-state index in [2.05, 4.69) is 4.72 Å². The quantitative estimate of drug-likeness (QED) is 0.887. The summed E-state index contributed by atoms with van der Waals surface area (Å²) >= 11 is 0. The van der Waals surface area contributed by atoms with E-state index in [1.165, 1.54) is 0 Å². The minimum absolute atomic E-state index is 0.0350. The second kappa shape index (κ2) is 7.35. The largest absolute Gasteiger partial charge is 0.340 e. The van der Waals surface area contributed by atoms with Gasteiger partial charge in [0.15, 0.2) is 11.6 Å². The number of rotatable bonds is 5. The van der Waals surface area contributed by atoms with Gasteiger partial charge in [0, 0.05) is 25.6 Å². The Bertz CT molecular complexity index is 679. The molecule has 1 aromatic rings. The predicted octanol–water partition coefficient (Wildman–Crippen LogP) is 2.03. The van der Waals surface area contributed by atoms with Gasteiger partial charge in [-0.2, -0.15) is 0 Å². The molecule has 128 valence electrons. The number of benzene rings is 1. The van der Waals surface area contributed by atoms with Crippen molar-refractivity contribution >= 4 is 15.9 Å². The third-order valence-corrected chi connectivity index (χ3v) is 5.41. The second-order valence-corrected chi connectivity index (χ2v) is 7.42. The standard InChI is InChI=1S/C15H20F2N2O3S/c1-11-4-2-3-9-19(11)15(20)7-8-18-23(21,22)12-5-6-13(16)14(17)10-12/h5-6,10-11,18H,2-4,7-9H2,1H3. The minimum Gasteiger partial charge on any atom is -0.340 e. The van der Waals surface area contributed by atoms with Gasteiger partial charge in [-0.1, -0.05) is 0 Å². The number of sulfonamides is 1. The molecule has 1 aliphatic heterocycles. The summed E-state index contributed by atoms with van der Waals surface area (Å²) in [7, 11) is -3.97. The van der Waals surface area contributed by atoms with Gasteiger partial charge in [0.1, 0.15) is 0 Å². The van der Waals surface area contributed by atoms with Crippen LogP contribution in [0.2, 0.25) is 0 Å². The number of likely N-dealkylation sites (tertiary alicyclic amines) is 1. The summed E-state index contributed by atoms with van der Waals surface area (Å²) in [6.07, 6.45) is 3.03. The molecule has 1 N–H and O–H groups in total. The van der Waals surface area contributed by atoms with E-state index in [9.17, 15) is 22.0 Å². The third-order valence-electron chi connectivity index (χ3n) is 3.96. The maximum atomic E-state index is 13.1. The van der Waals surface area contributed by atoms with Gasteiger partial charge < -0.3 is 4.90 Å². The fourth-order valence-electron chi connectivity index (χ4n) is 2.63. The van der Waals surface area contributed by atoms with Crippen LogP contribution in [0.1, 0.15) is 32.6 Å². The van der Waals surface area contributed by atoms with E-state index in [1.54, 1.807) is 4.90 Å². The van der Waals surface area contributed by atoms with E-state index in [4.69, 9.17) is 0 Å². The van der Waals surface area contributed by atoms with Gasteiger partial charge in [-0.3, -0.25) is 4.79 Å². The van der Waals surface area contributed by atoms with Crippen LogP contribution in [-0.4, -0.2) is 38.4 Å². The molecule has 2 rings (SSSR count). The fraction of sp³-hybridized carbons (Fsp3) is 0.533. The molecule has 1 atom stereocenters. The van der Waals surface area contributed by atoms with E-state index >= 15 is 0 Å². The first-order valence-electron chi connectivity index (χ1n) is 7.55. The molecule has 1 fully saturated rings. The van der Waals surface area contributed by atoms with Crippen molar-refractivity contribution in [2.45, 2.75) is 43.5 Å². The summed E-state index contributed by atoms with van der Waals surface area (Å²) in [5.74, 6) is -2.45. The number of carbonyl (C=O) groups excluding carboxylic acids is 1. The van der Waals surface area contributed by atoms with E-state index in [1.807, 2.05) is 6.92 Å². The number of hydrogen-bond donors (Lipinski definition) is 1. The molecule has 1 aromatic carbocycles. The lowest BCUT2D eigenvalue weighted by Gasteiger charge is -2.33. The third kappa shape index (κ3) is 4.48. The molecule has 8 heteroatoms. The first-order chi connectivity index (χ1) is 10.8. The molecule has 0 spiro atoms. The van der Waals surface area contributed by atoms with Crippen molar-refractivity contribution in [2.75, 3.05) is 13.1 Å². The Morgan fingerprint density at radius 2 is 2.04 bits per heavy atom. The maximum absolute atomic E-state index is 13.1. The van der Waals surface area contributed by atoms with Crippen molar-refractivity contribution < 1.29 is 22.0 Å². The summed E-state index contributed by atoms with van der Waals surface area (Å²) in [6.45, 7) is 2.59. The van der Waals surface area contributed by atoms with Gasteiger partial charge in [0.25, 0.3) is 0 Å². The number of halogens is 2. The van der Waals surface area contributed by atoms with Crippen molar-refractivity contribution in [1.82, 2.24) is 9.62 Å². The molecule has 1 amide bonds. The second-order valence-electron chi connectivity index (χ2n) is 5.66. The van der Waals surface area contributed by atoms with Crippen LogP contribution in [0.5, 0.6) is 0 Å². The van der Waals surface area contributed by atoms with Crippen molar-refractivity contribution in [3.63, 3.8) is 0 Å². The number of piperidine rings is 1. The van der Waals surface area contributed by atoms with Crippen molar-refractivity contribution in [1.29, 1.82) is 0 Å². The van der Waals surface area contributed by atoms with Gasteiger partial charge in [-0.15, -0.1) is 0 Å². The highest BCUT2D eigenvalue weighted by molar-refractivity contribution is 7.89. The van der Waals surface area contributed by atoms with Gasteiger partial charge in [-0.25, -0.2) is 21.9 Å². The molecule has 5 nitrogen and oxygen atoms in total. The summed E-state index contributed by atoms with van der Waals surface area (Å²) in [5.41, 5.74) is 0. The summed E-state index contributed by atoms with van der Waals surface area (Å²) in [4.78, 5) is 13.5. The van der Waals surface area contributed by atoms with Crippen LogP contribution in [0.25, 0.3) is 0 Å². The molecule has 0 aliphatic carbocycles. The SMILES string of the molecule is CC1CCCCN1C(=O)CCNS(=O)(=O)c1ccc(F)c(F)c1. The highest BCUT2D eigenvalue weighted by atomic mass is 32.2. The molecule has 1 saturated heterocycles. The Kier molecular flexibility index (Phi) is 5.69. The summed E-state index contributed by atoms with van der Waals surface area (Å²) < 4.78 is 52.2. The molecule has 23 heavy (non-hydrogen) atoms. The zero-order valence-electron chi connectivity index (χ0n) is 12.9. The first-order valence-corrected chi connectivity index (χ1v) is 9.04. The van der Waals surface area contributed by atoms with Crippen LogP contribution in [0.3, 0.4) is 0 Å². The van der Waals surface area contributed by atoms with E-state index in [0.29, 0.717) is 12.6 Å². The minimum atomic E-state index is -3.97. The molecule has 0 saturated carbocycles. The normalized spacial score (nSPS) is 18.9. The van der Waals surface area contributed by atoms with Crippen molar-refractivity contribution in [3.05, 3.63) is 29.8 Å². The lowest BCUT2D eigenvalue weighted by molar-refractivity contribution is -0.134. The lowest BCUT2D eigenvalue weighted by atomic mass is 10.0. The smallest absolute Gasteiger partial charge is 0.240 e. The van der Waals surface area contributed by atoms with Crippen molar-refractivity contribution in [3.8, 4) is 0 Å². The summed E-state index contributed by atoms with van der Waals surface area (Å²) in [5, 5.41) is 0. The average Bonchev–Trinajstić information content (AvgIpc) is 2.50. The van der Waals surface area contributed by atoms with Crippen LogP contribution in [0, 0.1) is 11.6 Å². The lowest BCUT2D eigenvalue weighted by Crippen LogP contribution is -2.43. The van der Waals surface area contributed by atoms with Gasteiger partial charge >= 0.3 is 0 Å². The van der Waals surface area contributed by atoms with Crippen LogP contribution >= 0.6 is 0 Å². The van der Waals surface area contributed by atoms with E-state index in [-0.39, 0.29) is 29.8 Å². The Morgan fingerprint density at radius 1 is 1.30 bits per heavy atom. The van der Waals surface area contributed by atoms with E-state index in [0.717, 1.165) is 31.4 Å².